The molecule has 1 fully saturated rings. The molecule has 0 radical (unpaired) electrons. The minimum absolute atomic E-state index is 0.107. The molecule has 3 heterocycles. The van der Waals surface area contributed by atoms with Crippen molar-refractivity contribution in [3.8, 4) is 5.69 Å². The first-order chi connectivity index (χ1) is 16.0. The molecular formula is C24H25FN6O2. The van der Waals surface area contributed by atoms with Gasteiger partial charge in [-0.2, -0.15) is 20.0 Å². The van der Waals surface area contributed by atoms with E-state index >= 15 is 0 Å². The predicted molar refractivity (Wildman–Crippen MR) is 122 cm³/mol. The Morgan fingerprint density at radius 3 is 2.82 bits per heavy atom. The number of halogens is 1. The number of nitrogens with one attached hydrogen (secondary N) is 1. The number of carbonyl (C=O) groups is 1. The molecule has 2 unspecified atom stereocenters. The molecule has 0 saturated carbocycles. The van der Waals surface area contributed by atoms with Crippen molar-refractivity contribution in [1.82, 2.24) is 24.9 Å². The molecule has 1 saturated heterocycles. The van der Waals surface area contributed by atoms with Gasteiger partial charge in [-0.25, -0.2) is 4.39 Å². The second-order valence-corrected chi connectivity index (χ2v) is 8.49. The van der Waals surface area contributed by atoms with E-state index in [1.54, 1.807) is 13.0 Å². The number of aromatic nitrogens is 4. The van der Waals surface area contributed by atoms with Crippen molar-refractivity contribution in [3.05, 3.63) is 65.7 Å². The predicted octanol–water partition coefficient (Wildman–Crippen LogP) is 4.21. The number of nitrogens with zero attached hydrogens (tertiary/aromatic N) is 5. The number of hydrogen-bond donors (Lipinski definition) is 1. The van der Waals surface area contributed by atoms with Gasteiger partial charge in [-0.1, -0.05) is 19.1 Å². The van der Waals surface area contributed by atoms with Crippen LogP contribution in [0.5, 0.6) is 0 Å². The Bertz CT molecular complexity index is 1250. The number of anilines is 1. The normalized spacial score (nSPS) is 18.6. The lowest BCUT2D eigenvalue weighted by molar-refractivity contribution is 0.0538. The second-order valence-electron chi connectivity index (χ2n) is 8.49. The summed E-state index contributed by atoms with van der Waals surface area (Å²) in [6, 6.07) is 10.8. The van der Waals surface area contributed by atoms with Gasteiger partial charge in [-0.15, -0.1) is 0 Å². The van der Waals surface area contributed by atoms with E-state index in [1.807, 2.05) is 29.2 Å². The molecule has 1 N–H and O–H groups in total. The van der Waals surface area contributed by atoms with Gasteiger partial charge < -0.3 is 14.6 Å². The number of likely N-dealkylation sites (tertiary alicyclic amines) is 1. The van der Waals surface area contributed by atoms with E-state index in [9.17, 15) is 9.18 Å². The third-order valence-corrected chi connectivity index (χ3v) is 6.27. The summed E-state index contributed by atoms with van der Waals surface area (Å²) >= 11 is 0. The summed E-state index contributed by atoms with van der Waals surface area (Å²) in [6.45, 7) is 4.85. The van der Waals surface area contributed by atoms with Crippen LogP contribution in [0.3, 0.4) is 0 Å². The quantitative estimate of drug-likeness (QED) is 0.492. The van der Waals surface area contributed by atoms with Crippen LogP contribution in [0.1, 0.15) is 35.7 Å². The number of fused-ring (bicyclic) bond motifs is 1. The van der Waals surface area contributed by atoms with Crippen LogP contribution in [-0.2, 0) is 0 Å². The summed E-state index contributed by atoms with van der Waals surface area (Å²) in [7, 11) is 0. The molecule has 1 aliphatic rings. The Morgan fingerprint density at radius 2 is 2.03 bits per heavy atom. The van der Waals surface area contributed by atoms with Crippen LogP contribution >= 0.6 is 0 Å². The first-order valence-electron chi connectivity index (χ1n) is 11.1. The van der Waals surface area contributed by atoms with E-state index < -0.39 is 5.82 Å². The summed E-state index contributed by atoms with van der Waals surface area (Å²) in [4.78, 5) is 21.4. The van der Waals surface area contributed by atoms with E-state index in [4.69, 9.17) is 4.42 Å². The molecule has 170 valence electrons. The molecule has 0 spiro atoms. The second kappa shape index (κ2) is 8.65. The smallest absolute Gasteiger partial charge is 0.295 e. The topological polar surface area (TPSA) is 89.1 Å². The molecule has 2 atom stereocenters. The number of piperidine rings is 1. The molecule has 1 aliphatic heterocycles. The highest BCUT2D eigenvalue weighted by atomic mass is 19.1. The van der Waals surface area contributed by atoms with Crippen molar-refractivity contribution in [3.63, 3.8) is 0 Å². The van der Waals surface area contributed by atoms with Gasteiger partial charge >= 0.3 is 0 Å². The van der Waals surface area contributed by atoms with E-state index in [-0.39, 0.29) is 23.4 Å². The van der Waals surface area contributed by atoms with Crippen LogP contribution < -0.4 is 5.32 Å². The molecular weight excluding hydrogens is 423 g/mol. The average Bonchev–Trinajstić information content (AvgIpc) is 3.49. The lowest BCUT2D eigenvalue weighted by Gasteiger charge is -2.40. The van der Waals surface area contributed by atoms with Crippen molar-refractivity contribution < 1.29 is 13.6 Å². The Morgan fingerprint density at radius 1 is 1.24 bits per heavy atom. The first kappa shape index (κ1) is 21.1. The van der Waals surface area contributed by atoms with E-state index in [1.165, 1.54) is 23.3 Å². The highest BCUT2D eigenvalue weighted by Gasteiger charge is 2.34. The van der Waals surface area contributed by atoms with Crippen molar-refractivity contribution in [2.75, 3.05) is 18.4 Å². The third-order valence-electron chi connectivity index (χ3n) is 6.27. The van der Waals surface area contributed by atoms with Crippen molar-refractivity contribution >= 4 is 23.0 Å². The van der Waals surface area contributed by atoms with Crippen molar-refractivity contribution in [2.45, 2.75) is 32.7 Å². The van der Waals surface area contributed by atoms with Crippen molar-refractivity contribution in [2.24, 2.45) is 5.92 Å². The summed E-state index contributed by atoms with van der Waals surface area (Å²) in [5.74, 6) is -0.418. The molecule has 0 bridgehead atoms. The van der Waals surface area contributed by atoms with Gasteiger partial charge in [-0.3, -0.25) is 4.79 Å². The summed E-state index contributed by atoms with van der Waals surface area (Å²) in [6.07, 6.45) is 4.95. The zero-order chi connectivity index (χ0) is 22.9. The number of aryl methyl sites for hydroxylation is 1. The molecule has 2 aromatic heterocycles. The van der Waals surface area contributed by atoms with Crippen LogP contribution in [-0.4, -0.2) is 49.9 Å². The third kappa shape index (κ3) is 4.06. The van der Waals surface area contributed by atoms with Crippen LogP contribution in [0.4, 0.5) is 10.4 Å². The lowest BCUT2D eigenvalue weighted by Crippen LogP contribution is -2.51. The summed E-state index contributed by atoms with van der Waals surface area (Å²) in [5, 5.41) is 11.6. The maximum absolute atomic E-state index is 14.5. The molecule has 4 aromatic rings. The molecule has 0 aliphatic carbocycles. The Balaban J connectivity index is 1.43. The van der Waals surface area contributed by atoms with Crippen LogP contribution in [0.15, 0.2) is 53.2 Å². The molecule has 33 heavy (non-hydrogen) atoms. The standard InChI is InChI=1S/C24H25FN6O2/c1-15-6-5-11-30(21(15)14-26-24-29-19-7-3-4-8-22(19)33-24)23(32)17-13-18(25)16(2)12-20(17)31-27-9-10-28-31/h3-4,7-10,12-13,15,21H,5-6,11,14H2,1-2H3,(H,26,29). The fourth-order valence-corrected chi connectivity index (χ4v) is 4.45. The minimum atomic E-state index is -0.430. The summed E-state index contributed by atoms with van der Waals surface area (Å²) in [5.41, 5.74) is 2.62. The fraction of sp³-hybridized carbons (Fsp3) is 0.333. The number of benzene rings is 2. The van der Waals surface area contributed by atoms with Gasteiger partial charge in [0, 0.05) is 13.1 Å². The first-order valence-corrected chi connectivity index (χ1v) is 11.1. The van der Waals surface area contributed by atoms with Gasteiger partial charge in [0.25, 0.3) is 11.9 Å². The average molecular weight is 449 g/mol. The van der Waals surface area contributed by atoms with Gasteiger partial charge in [0.2, 0.25) is 0 Å². The number of para-hydroxylation sites is 2. The highest BCUT2D eigenvalue weighted by Crippen LogP contribution is 2.28. The lowest BCUT2D eigenvalue weighted by atomic mass is 9.90. The van der Waals surface area contributed by atoms with Gasteiger partial charge in [0.15, 0.2) is 5.58 Å². The molecule has 1 amide bonds. The molecule has 2 aromatic carbocycles. The highest BCUT2D eigenvalue weighted by molar-refractivity contribution is 5.98. The Hall–Kier alpha value is -3.75. The van der Waals surface area contributed by atoms with Crippen LogP contribution in [0.2, 0.25) is 0 Å². The minimum Gasteiger partial charge on any atom is -0.424 e. The maximum atomic E-state index is 14.5. The van der Waals surface area contributed by atoms with Crippen LogP contribution in [0, 0.1) is 18.7 Å². The zero-order valence-electron chi connectivity index (χ0n) is 18.5. The Kier molecular flexibility index (Phi) is 5.53. The number of amides is 1. The van der Waals surface area contributed by atoms with E-state index in [2.05, 4.69) is 27.4 Å². The van der Waals surface area contributed by atoms with Gasteiger partial charge in [-0.05, 0) is 55.5 Å². The van der Waals surface area contributed by atoms with Crippen molar-refractivity contribution in [1.29, 1.82) is 0 Å². The monoisotopic (exact) mass is 448 g/mol. The number of hydrogen-bond acceptors (Lipinski definition) is 6. The zero-order valence-corrected chi connectivity index (χ0v) is 18.5. The fourth-order valence-electron chi connectivity index (χ4n) is 4.45. The van der Waals surface area contributed by atoms with E-state index in [0.29, 0.717) is 35.9 Å². The SMILES string of the molecule is Cc1cc(-n2nccn2)c(C(=O)N2CCCC(C)C2CNc2nc3ccccc3o2)cc1F. The van der Waals surface area contributed by atoms with Crippen LogP contribution in [0.25, 0.3) is 16.8 Å². The molecule has 9 heteroatoms. The molecule has 8 nitrogen and oxygen atoms in total. The number of oxazole rings is 1. The van der Waals surface area contributed by atoms with E-state index in [0.717, 1.165) is 18.4 Å². The molecule has 5 rings (SSSR count). The van der Waals surface area contributed by atoms with Gasteiger partial charge in [0.05, 0.1) is 29.7 Å². The largest absolute Gasteiger partial charge is 0.424 e. The number of rotatable bonds is 5. The maximum Gasteiger partial charge on any atom is 0.295 e. The number of carbonyl (C=O) groups excluding carboxylic acids is 1. The Labute approximate surface area is 190 Å². The van der Waals surface area contributed by atoms with Gasteiger partial charge in [0.1, 0.15) is 11.3 Å². The summed E-state index contributed by atoms with van der Waals surface area (Å²) < 4.78 is 20.3.